The van der Waals surface area contributed by atoms with Gasteiger partial charge in [-0.1, -0.05) is 17.7 Å². The number of hydrogen-bond acceptors (Lipinski definition) is 6. The molecule has 10 heteroatoms. The van der Waals surface area contributed by atoms with Gasteiger partial charge in [-0.25, -0.2) is 8.42 Å². The number of anilines is 1. The molecule has 1 aromatic carbocycles. The van der Waals surface area contributed by atoms with Gasteiger partial charge in [-0.3, -0.25) is 14.4 Å². The molecule has 0 atom stereocenters. The highest BCUT2D eigenvalue weighted by atomic mass is 32.2. The number of piperazine rings is 1. The van der Waals surface area contributed by atoms with Crippen LogP contribution in [0.1, 0.15) is 16.1 Å². The van der Waals surface area contributed by atoms with Crippen LogP contribution in [0.15, 0.2) is 47.1 Å². The van der Waals surface area contributed by atoms with Crippen LogP contribution in [-0.2, 0) is 19.4 Å². The van der Waals surface area contributed by atoms with Crippen LogP contribution in [0, 0.1) is 6.92 Å². The molecule has 0 spiro atoms. The lowest BCUT2D eigenvalue weighted by molar-refractivity contribution is -0.129. The molecule has 1 aliphatic heterocycles. The second-order valence-corrected chi connectivity index (χ2v) is 9.16. The summed E-state index contributed by atoms with van der Waals surface area (Å²) < 4.78 is 29.6. The molecule has 9 nitrogen and oxygen atoms in total. The standard InChI is InChI=1S/C20H23N3O6S/c1-15-4-6-16(7-5-15)21-18(24)13-30(27,28)14-19(25)22-8-10-23(11-9-22)20(26)17-3-2-12-29-17/h2-7,12H,8-11,13-14H2,1H3,(H,21,24). The first-order chi connectivity index (χ1) is 14.2. The molecule has 30 heavy (non-hydrogen) atoms. The second-order valence-electron chi connectivity index (χ2n) is 7.10. The molecule has 0 unspecified atom stereocenters. The number of rotatable bonds is 6. The molecule has 0 aliphatic carbocycles. The van der Waals surface area contributed by atoms with Crippen molar-refractivity contribution >= 4 is 33.2 Å². The van der Waals surface area contributed by atoms with Crippen molar-refractivity contribution in [1.82, 2.24) is 9.80 Å². The van der Waals surface area contributed by atoms with Crippen molar-refractivity contribution in [3.8, 4) is 0 Å². The van der Waals surface area contributed by atoms with E-state index in [1.807, 2.05) is 6.92 Å². The van der Waals surface area contributed by atoms with Gasteiger partial charge in [0.05, 0.1) is 6.26 Å². The maximum absolute atomic E-state index is 12.4. The fourth-order valence-electron chi connectivity index (χ4n) is 3.08. The summed E-state index contributed by atoms with van der Waals surface area (Å²) in [5, 5.41) is 2.51. The summed E-state index contributed by atoms with van der Waals surface area (Å²) in [4.78, 5) is 39.6. The predicted molar refractivity (Wildman–Crippen MR) is 110 cm³/mol. The Morgan fingerprint density at radius 2 is 1.60 bits per heavy atom. The van der Waals surface area contributed by atoms with Gasteiger partial charge in [0.25, 0.3) is 5.91 Å². The van der Waals surface area contributed by atoms with Gasteiger partial charge in [-0.15, -0.1) is 0 Å². The average Bonchev–Trinajstić information content (AvgIpc) is 3.23. The van der Waals surface area contributed by atoms with Gasteiger partial charge in [-0.05, 0) is 31.2 Å². The first-order valence-electron chi connectivity index (χ1n) is 9.41. The molecule has 1 saturated heterocycles. The van der Waals surface area contributed by atoms with Crippen LogP contribution in [0.25, 0.3) is 0 Å². The SMILES string of the molecule is Cc1ccc(NC(=O)CS(=O)(=O)CC(=O)N2CCN(C(=O)c3ccco3)CC2)cc1. The van der Waals surface area contributed by atoms with Crippen molar-refractivity contribution in [2.24, 2.45) is 0 Å². The summed E-state index contributed by atoms with van der Waals surface area (Å²) in [6.07, 6.45) is 1.41. The first kappa shape index (κ1) is 21.6. The summed E-state index contributed by atoms with van der Waals surface area (Å²) in [7, 11) is -3.92. The number of aryl methyl sites for hydroxylation is 1. The predicted octanol–water partition coefficient (Wildman–Crippen LogP) is 0.926. The van der Waals surface area contributed by atoms with E-state index in [1.54, 1.807) is 41.3 Å². The molecule has 1 aromatic heterocycles. The summed E-state index contributed by atoms with van der Waals surface area (Å²) in [5.41, 5.74) is 1.50. The normalized spacial score (nSPS) is 14.4. The smallest absolute Gasteiger partial charge is 0.289 e. The van der Waals surface area contributed by atoms with Gasteiger partial charge in [0.1, 0.15) is 11.5 Å². The minimum atomic E-state index is -3.92. The van der Waals surface area contributed by atoms with E-state index in [2.05, 4.69) is 5.32 Å². The number of carbonyl (C=O) groups is 3. The van der Waals surface area contributed by atoms with Crippen molar-refractivity contribution < 1.29 is 27.2 Å². The van der Waals surface area contributed by atoms with Crippen LogP contribution in [-0.4, -0.2) is 73.6 Å². The van der Waals surface area contributed by atoms with E-state index in [1.165, 1.54) is 11.2 Å². The van der Waals surface area contributed by atoms with Crippen molar-refractivity contribution in [3.05, 3.63) is 54.0 Å². The summed E-state index contributed by atoms with van der Waals surface area (Å²) >= 11 is 0. The highest BCUT2D eigenvalue weighted by molar-refractivity contribution is 7.92. The highest BCUT2D eigenvalue weighted by Gasteiger charge is 2.29. The molecule has 1 N–H and O–H groups in total. The van der Waals surface area contributed by atoms with E-state index in [-0.39, 0.29) is 37.8 Å². The van der Waals surface area contributed by atoms with Gasteiger partial charge in [-0.2, -0.15) is 0 Å². The van der Waals surface area contributed by atoms with Crippen LogP contribution in [0.3, 0.4) is 0 Å². The number of nitrogens with one attached hydrogen (secondary N) is 1. The fraction of sp³-hybridized carbons (Fsp3) is 0.350. The minimum absolute atomic E-state index is 0.219. The van der Waals surface area contributed by atoms with E-state index < -0.39 is 33.2 Å². The molecule has 2 aromatic rings. The van der Waals surface area contributed by atoms with Crippen molar-refractivity contribution in [2.45, 2.75) is 6.92 Å². The Bertz CT molecular complexity index is 1010. The largest absolute Gasteiger partial charge is 0.459 e. The van der Waals surface area contributed by atoms with Crippen LogP contribution in [0.2, 0.25) is 0 Å². The van der Waals surface area contributed by atoms with Crippen LogP contribution in [0.5, 0.6) is 0 Å². The molecule has 3 rings (SSSR count). The van der Waals surface area contributed by atoms with E-state index in [4.69, 9.17) is 4.42 Å². The van der Waals surface area contributed by atoms with E-state index >= 15 is 0 Å². The third-order valence-electron chi connectivity index (χ3n) is 4.68. The van der Waals surface area contributed by atoms with Crippen LogP contribution >= 0.6 is 0 Å². The lowest BCUT2D eigenvalue weighted by Crippen LogP contribution is -2.52. The fourth-order valence-corrected chi connectivity index (χ4v) is 4.21. The van der Waals surface area contributed by atoms with Crippen molar-refractivity contribution in [1.29, 1.82) is 0 Å². The van der Waals surface area contributed by atoms with Gasteiger partial charge in [0.2, 0.25) is 11.8 Å². The molecule has 1 fully saturated rings. The van der Waals surface area contributed by atoms with E-state index in [9.17, 15) is 22.8 Å². The molecule has 3 amide bonds. The molecule has 0 bridgehead atoms. The van der Waals surface area contributed by atoms with E-state index in [0.717, 1.165) is 5.56 Å². The first-order valence-corrected chi connectivity index (χ1v) is 11.2. The highest BCUT2D eigenvalue weighted by Crippen LogP contribution is 2.11. The zero-order valence-electron chi connectivity index (χ0n) is 16.5. The topological polar surface area (TPSA) is 117 Å². The van der Waals surface area contributed by atoms with Gasteiger partial charge in [0, 0.05) is 31.9 Å². The molecule has 2 heterocycles. The molecule has 1 aliphatic rings. The monoisotopic (exact) mass is 433 g/mol. The Morgan fingerprint density at radius 3 is 2.20 bits per heavy atom. The molecular formula is C20H23N3O6S. The molecule has 0 saturated carbocycles. The average molecular weight is 433 g/mol. The molecule has 160 valence electrons. The van der Waals surface area contributed by atoms with Gasteiger partial charge in [0.15, 0.2) is 15.6 Å². The minimum Gasteiger partial charge on any atom is -0.459 e. The summed E-state index contributed by atoms with van der Waals surface area (Å²) in [6.45, 7) is 2.89. The van der Waals surface area contributed by atoms with Gasteiger partial charge < -0.3 is 19.5 Å². The maximum atomic E-state index is 12.4. The molecular weight excluding hydrogens is 410 g/mol. The zero-order chi connectivity index (χ0) is 21.7. The summed E-state index contributed by atoms with van der Waals surface area (Å²) in [5.74, 6) is -2.85. The maximum Gasteiger partial charge on any atom is 0.289 e. The number of nitrogens with zero attached hydrogens (tertiary/aromatic N) is 2. The number of amides is 3. The Hall–Kier alpha value is -3.14. The zero-order valence-corrected chi connectivity index (χ0v) is 17.4. The summed E-state index contributed by atoms with van der Waals surface area (Å²) in [6, 6.07) is 10.1. The Morgan fingerprint density at radius 1 is 0.967 bits per heavy atom. The quantitative estimate of drug-likeness (QED) is 0.724. The second kappa shape index (κ2) is 9.12. The van der Waals surface area contributed by atoms with Crippen molar-refractivity contribution in [2.75, 3.05) is 43.0 Å². The molecule has 0 radical (unpaired) electrons. The number of carbonyl (C=O) groups excluding carboxylic acids is 3. The Kier molecular flexibility index (Phi) is 6.56. The third kappa shape index (κ3) is 5.69. The number of sulfone groups is 1. The van der Waals surface area contributed by atoms with Crippen LogP contribution < -0.4 is 5.32 Å². The Balaban J connectivity index is 1.48. The lowest BCUT2D eigenvalue weighted by atomic mass is 10.2. The number of furan rings is 1. The van der Waals surface area contributed by atoms with Gasteiger partial charge >= 0.3 is 0 Å². The van der Waals surface area contributed by atoms with Crippen molar-refractivity contribution in [3.63, 3.8) is 0 Å². The number of hydrogen-bond donors (Lipinski definition) is 1. The van der Waals surface area contributed by atoms with E-state index in [0.29, 0.717) is 5.69 Å². The number of benzene rings is 1. The Labute approximate surface area is 174 Å². The lowest BCUT2D eigenvalue weighted by Gasteiger charge is -2.34. The third-order valence-corrected chi connectivity index (χ3v) is 6.07. The van der Waals surface area contributed by atoms with Crippen LogP contribution in [0.4, 0.5) is 5.69 Å².